The van der Waals surface area contributed by atoms with E-state index >= 15 is 0 Å². The summed E-state index contributed by atoms with van der Waals surface area (Å²) in [6.07, 6.45) is 1.36. The van der Waals surface area contributed by atoms with E-state index in [-0.39, 0.29) is 12.3 Å². The van der Waals surface area contributed by atoms with Gasteiger partial charge in [-0.1, -0.05) is 0 Å². The summed E-state index contributed by atoms with van der Waals surface area (Å²) >= 11 is 1.22. The zero-order chi connectivity index (χ0) is 17.8. The standard InChI is InChI=1S/C14H25N3O4S3/c1-3-23(18,19)16-8-6-13-4-5-14(22-13)24(20,21)17-9-7-12(11-17)10-15-2/h4-5,12,15-16H,3,6-11H2,1-2H3. The highest BCUT2D eigenvalue weighted by molar-refractivity contribution is 7.91. The first-order valence-corrected chi connectivity index (χ1v) is 11.9. The van der Waals surface area contributed by atoms with Gasteiger partial charge in [-0.15, -0.1) is 11.3 Å². The average Bonchev–Trinajstić information content (AvgIpc) is 3.17. The van der Waals surface area contributed by atoms with Crippen LogP contribution in [0.15, 0.2) is 16.3 Å². The maximum absolute atomic E-state index is 12.7. The van der Waals surface area contributed by atoms with Gasteiger partial charge in [0.15, 0.2) is 0 Å². The molecule has 2 rings (SSSR count). The number of hydrogen-bond donors (Lipinski definition) is 2. The number of thiophene rings is 1. The van der Waals surface area contributed by atoms with Crippen LogP contribution < -0.4 is 10.0 Å². The molecule has 0 saturated carbocycles. The van der Waals surface area contributed by atoms with Crippen LogP contribution in [0.5, 0.6) is 0 Å². The van der Waals surface area contributed by atoms with Crippen molar-refractivity contribution in [1.82, 2.24) is 14.3 Å². The van der Waals surface area contributed by atoms with E-state index in [0.717, 1.165) is 17.8 Å². The van der Waals surface area contributed by atoms with Crippen LogP contribution in [0.4, 0.5) is 0 Å². The van der Waals surface area contributed by atoms with Crippen molar-refractivity contribution in [2.45, 2.75) is 24.0 Å². The summed E-state index contributed by atoms with van der Waals surface area (Å²) in [4.78, 5) is 0.860. The second-order valence-electron chi connectivity index (χ2n) is 5.84. The lowest BCUT2D eigenvalue weighted by Gasteiger charge is -2.15. The number of nitrogens with one attached hydrogen (secondary N) is 2. The van der Waals surface area contributed by atoms with Crippen molar-refractivity contribution in [1.29, 1.82) is 0 Å². The van der Waals surface area contributed by atoms with Gasteiger partial charge < -0.3 is 5.32 Å². The average molecular weight is 396 g/mol. The molecule has 0 aliphatic carbocycles. The Labute approximate surface area is 148 Å². The molecule has 0 aromatic carbocycles. The maximum Gasteiger partial charge on any atom is 0.252 e. The van der Waals surface area contributed by atoms with Crippen LogP contribution in [0, 0.1) is 5.92 Å². The SMILES string of the molecule is CCS(=O)(=O)NCCc1ccc(S(=O)(=O)N2CCC(CNC)C2)s1. The molecular weight excluding hydrogens is 370 g/mol. The molecule has 2 N–H and O–H groups in total. The molecule has 1 aliphatic heterocycles. The van der Waals surface area contributed by atoms with Crippen molar-refractivity contribution in [2.24, 2.45) is 5.92 Å². The van der Waals surface area contributed by atoms with Crippen molar-refractivity contribution in [3.8, 4) is 0 Å². The Bertz CT molecular complexity index is 743. The Morgan fingerprint density at radius 3 is 2.71 bits per heavy atom. The molecule has 0 spiro atoms. The van der Waals surface area contributed by atoms with Crippen molar-refractivity contribution >= 4 is 31.4 Å². The minimum absolute atomic E-state index is 0.0415. The molecule has 1 aliphatic rings. The fraction of sp³-hybridized carbons (Fsp3) is 0.714. The fourth-order valence-corrected chi connectivity index (χ4v) is 6.32. The molecule has 1 unspecified atom stereocenters. The van der Waals surface area contributed by atoms with Gasteiger partial charge in [0.2, 0.25) is 10.0 Å². The molecule has 138 valence electrons. The minimum Gasteiger partial charge on any atom is -0.319 e. The van der Waals surface area contributed by atoms with E-state index < -0.39 is 20.0 Å². The third-order valence-corrected chi connectivity index (χ3v) is 8.93. The van der Waals surface area contributed by atoms with Gasteiger partial charge in [-0.3, -0.25) is 0 Å². The minimum atomic E-state index is -3.44. The number of rotatable bonds is 9. The van der Waals surface area contributed by atoms with Crippen molar-refractivity contribution in [3.05, 3.63) is 17.0 Å². The molecule has 0 amide bonds. The number of hydrogen-bond acceptors (Lipinski definition) is 6. The summed E-state index contributed by atoms with van der Waals surface area (Å²) in [6.45, 7) is 3.78. The molecule has 1 fully saturated rings. The van der Waals surface area contributed by atoms with E-state index in [1.54, 1.807) is 23.4 Å². The van der Waals surface area contributed by atoms with Crippen molar-refractivity contribution in [2.75, 3.05) is 39.0 Å². The Balaban J connectivity index is 1.97. The molecule has 7 nitrogen and oxygen atoms in total. The van der Waals surface area contributed by atoms with Crippen LogP contribution in [-0.4, -0.2) is 60.1 Å². The second kappa shape index (κ2) is 8.24. The predicted molar refractivity (Wildman–Crippen MR) is 96.3 cm³/mol. The second-order valence-corrected chi connectivity index (χ2v) is 11.3. The first kappa shape index (κ1) is 19.8. The summed E-state index contributed by atoms with van der Waals surface area (Å²) in [6, 6.07) is 3.38. The maximum atomic E-state index is 12.7. The van der Waals surface area contributed by atoms with E-state index in [1.165, 1.54) is 11.3 Å². The van der Waals surface area contributed by atoms with Gasteiger partial charge in [0.25, 0.3) is 10.0 Å². The Morgan fingerprint density at radius 2 is 2.04 bits per heavy atom. The van der Waals surface area contributed by atoms with Crippen LogP contribution in [0.25, 0.3) is 0 Å². The normalized spacial score (nSPS) is 19.8. The van der Waals surface area contributed by atoms with Gasteiger partial charge in [-0.2, -0.15) is 4.31 Å². The van der Waals surface area contributed by atoms with Crippen LogP contribution in [-0.2, 0) is 26.5 Å². The molecular formula is C14H25N3O4S3. The molecule has 1 aromatic heterocycles. The zero-order valence-electron chi connectivity index (χ0n) is 14.0. The van der Waals surface area contributed by atoms with E-state index in [0.29, 0.717) is 29.6 Å². The van der Waals surface area contributed by atoms with E-state index in [9.17, 15) is 16.8 Å². The number of nitrogens with zero attached hydrogens (tertiary/aromatic N) is 1. The van der Waals surface area contributed by atoms with E-state index in [2.05, 4.69) is 10.0 Å². The Hall–Kier alpha value is -0.520. The van der Waals surface area contributed by atoms with Crippen LogP contribution in [0.1, 0.15) is 18.2 Å². The zero-order valence-corrected chi connectivity index (χ0v) is 16.4. The first-order chi connectivity index (χ1) is 11.3. The summed E-state index contributed by atoms with van der Waals surface area (Å²) < 4.78 is 52.5. The van der Waals surface area contributed by atoms with Gasteiger partial charge in [0.1, 0.15) is 4.21 Å². The lowest BCUT2D eigenvalue weighted by atomic mass is 10.1. The summed E-state index contributed by atoms with van der Waals surface area (Å²) in [5.74, 6) is 0.396. The van der Waals surface area contributed by atoms with Crippen molar-refractivity contribution < 1.29 is 16.8 Å². The molecule has 0 bridgehead atoms. The highest BCUT2D eigenvalue weighted by atomic mass is 32.2. The van der Waals surface area contributed by atoms with Gasteiger partial charge in [0.05, 0.1) is 5.75 Å². The monoisotopic (exact) mass is 395 g/mol. The molecule has 10 heteroatoms. The summed E-state index contributed by atoms with van der Waals surface area (Å²) in [7, 11) is -4.79. The quantitative estimate of drug-likeness (QED) is 0.633. The topological polar surface area (TPSA) is 95.6 Å². The predicted octanol–water partition coefficient (Wildman–Crippen LogP) is 0.460. The smallest absolute Gasteiger partial charge is 0.252 e. The summed E-state index contributed by atoms with van der Waals surface area (Å²) in [5.41, 5.74) is 0. The molecule has 1 atom stereocenters. The Kier molecular flexibility index (Phi) is 6.80. The third kappa shape index (κ3) is 4.99. The van der Waals surface area contributed by atoms with Gasteiger partial charge in [-0.25, -0.2) is 21.6 Å². The van der Waals surface area contributed by atoms with Gasteiger partial charge in [0, 0.05) is 24.5 Å². The molecule has 1 aromatic rings. The molecule has 2 heterocycles. The molecule has 24 heavy (non-hydrogen) atoms. The van der Waals surface area contributed by atoms with E-state index in [1.807, 2.05) is 7.05 Å². The summed E-state index contributed by atoms with van der Waals surface area (Å²) in [5, 5.41) is 3.09. The largest absolute Gasteiger partial charge is 0.319 e. The Morgan fingerprint density at radius 1 is 1.29 bits per heavy atom. The fourth-order valence-electron chi connectivity index (χ4n) is 2.66. The number of sulfonamides is 2. The van der Waals surface area contributed by atoms with Crippen LogP contribution >= 0.6 is 11.3 Å². The lowest BCUT2D eigenvalue weighted by Crippen LogP contribution is -2.30. The third-order valence-electron chi connectivity index (χ3n) is 4.05. The molecule has 0 radical (unpaired) electrons. The van der Waals surface area contributed by atoms with E-state index in [4.69, 9.17) is 0 Å². The lowest BCUT2D eigenvalue weighted by molar-refractivity contribution is 0.452. The van der Waals surface area contributed by atoms with Gasteiger partial charge in [-0.05, 0) is 51.4 Å². The van der Waals surface area contributed by atoms with Crippen molar-refractivity contribution in [3.63, 3.8) is 0 Å². The van der Waals surface area contributed by atoms with Crippen LogP contribution in [0.2, 0.25) is 0 Å². The molecule has 1 saturated heterocycles. The highest BCUT2D eigenvalue weighted by Crippen LogP contribution is 2.29. The van der Waals surface area contributed by atoms with Gasteiger partial charge >= 0.3 is 0 Å². The first-order valence-electron chi connectivity index (χ1n) is 7.99. The van der Waals surface area contributed by atoms with Crippen LogP contribution in [0.3, 0.4) is 0 Å². The highest BCUT2D eigenvalue weighted by Gasteiger charge is 2.33.